The first-order valence-electron chi connectivity index (χ1n) is 9.81. The third-order valence-electron chi connectivity index (χ3n) is 5.00. The fourth-order valence-electron chi connectivity index (χ4n) is 3.28. The van der Waals surface area contributed by atoms with Crippen LogP contribution in [-0.4, -0.2) is 23.3 Å². The average Bonchev–Trinajstić information content (AvgIpc) is 2.61. The lowest BCUT2D eigenvalue weighted by atomic mass is 9.77. The van der Waals surface area contributed by atoms with Crippen LogP contribution in [0, 0.1) is 0 Å². The lowest BCUT2D eigenvalue weighted by Crippen LogP contribution is -2.29. The van der Waals surface area contributed by atoms with Crippen molar-refractivity contribution >= 4 is 5.97 Å². The summed E-state index contributed by atoms with van der Waals surface area (Å²) in [5.74, 6) is 0.0451. The number of ether oxygens (including phenoxy) is 1. The Hall–Kier alpha value is -2.53. The molecular weight excluding hydrogens is 366 g/mol. The van der Waals surface area contributed by atoms with Gasteiger partial charge in [-0.25, -0.2) is 0 Å². The Morgan fingerprint density at radius 2 is 1.48 bits per heavy atom. The molecule has 0 fully saturated rings. The first kappa shape index (κ1) is 22.8. The summed E-state index contributed by atoms with van der Waals surface area (Å²) in [6, 6.07) is 10.2. The SMILES string of the molecule is COc1ccc(CNC(C(=O)O)c2cc(C(C)(C)C)c(O)c(C(C)(C)C)c2)cc1. The van der Waals surface area contributed by atoms with Gasteiger partial charge in [0.1, 0.15) is 17.5 Å². The quantitative estimate of drug-likeness (QED) is 0.643. The Kier molecular flexibility index (Phi) is 6.63. The van der Waals surface area contributed by atoms with Gasteiger partial charge in [-0.3, -0.25) is 10.1 Å². The van der Waals surface area contributed by atoms with Crippen LogP contribution in [-0.2, 0) is 22.2 Å². The molecule has 158 valence electrons. The molecule has 2 aromatic carbocycles. The maximum Gasteiger partial charge on any atom is 0.325 e. The van der Waals surface area contributed by atoms with Crippen LogP contribution in [0.2, 0.25) is 0 Å². The van der Waals surface area contributed by atoms with Crippen LogP contribution in [0.1, 0.15) is 69.8 Å². The van der Waals surface area contributed by atoms with Gasteiger partial charge in [-0.2, -0.15) is 0 Å². The van der Waals surface area contributed by atoms with Crippen molar-refractivity contribution in [2.75, 3.05) is 7.11 Å². The van der Waals surface area contributed by atoms with E-state index in [4.69, 9.17) is 4.74 Å². The third kappa shape index (κ3) is 5.51. The molecule has 0 aliphatic heterocycles. The Balaban J connectivity index is 2.44. The Morgan fingerprint density at radius 3 is 1.86 bits per heavy atom. The molecular formula is C24H33NO4. The van der Waals surface area contributed by atoms with Gasteiger partial charge in [0, 0.05) is 6.54 Å². The molecule has 0 aromatic heterocycles. The highest BCUT2D eigenvalue weighted by atomic mass is 16.5. The van der Waals surface area contributed by atoms with Gasteiger partial charge in [0.2, 0.25) is 0 Å². The lowest BCUT2D eigenvalue weighted by molar-refractivity contribution is -0.139. The van der Waals surface area contributed by atoms with Crippen molar-refractivity contribution in [3.05, 3.63) is 58.7 Å². The van der Waals surface area contributed by atoms with E-state index < -0.39 is 12.0 Å². The second-order valence-electron chi connectivity index (χ2n) is 9.46. The second-order valence-corrected chi connectivity index (χ2v) is 9.46. The molecule has 2 aromatic rings. The molecule has 0 amide bonds. The van der Waals surface area contributed by atoms with Crippen LogP contribution < -0.4 is 10.1 Å². The minimum atomic E-state index is -0.955. The number of hydrogen-bond donors (Lipinski definition) is 3. The largest absolute Gasteiger partial charge is 0.507 e. The first-order chi connectivity index (χ1) is 13.3. The fourth-order valence-corrected chi connectivity index (χ4v) is 3.28. The zero-order valence-corrected chi connectivity index (χ0v) is 18.5. The second kappa shape index (κ2) is 8.46. The van der Waals surface area contributed by atoms with E-state index in [1.165, 1.54) is 0 Å². The lowest BCUT2D eigenvalue weighted by Gasteiger charge is -2.29. The molecule has 5 nitrogen and oxygen atoms in total. The average molecular weight is 400 g/mol. The van der Waals surface area contributed by atoms with Crippen molar-refractivity contribution in [1.82, 2.24) is 5.32 Å². The predicted octanol–water partition coefficient (Wildman–Crippen LogP) is 4.91. The highest BCUT2D eigenvalue weighted by molar-refractivity contribution is 5.76. The summed E-state index contributed by atoms with van der Waals surface area (Å²) in [6.45, 7) is 12.5. The Labute approximate surface area is 173 Å². The summed E-state index contributed by atoms with van der Waals surface area (Å²) < 4.78 is 5.17. The summed E-state index contributed by atoms with van der Waals surface area (Å²) in [5.41, 5.74) is 2.45. The number of methoxy groups -OCH3 is 1. The number of hydrogen-bond acceptors (Lipinski definition) is 4. The molecule has 0 heterocycles. The Bertz CT molecular complexity index is 823. The van der Waals surface area contributed by atoms with Crippen molar-refractivity contribution in [2.45, 2.75) is 65.0 Å². The van der Waals surface area contributed by atoms with E-state index in [2.05, 4.69) is 5.32 Å². The molecule has 0 spiro atoms. The molecule has 29 heavy (non-hydrogen) atoms. The summed E-state index contributed by atoms with van der Waals surface area (Å²) in [6.07, 6.45) is 0. The van der Waals surface area contributed by atoms with Crippen LogP contribution in [0.3, 0.4) is 0 Å². The minimum absolute atomic E-state index is 0.244. The highest BCUT2D eigenvalue weighted by Crippen LogP contribution is 2.41. The third-order valence-corrected chi connectivity index (χ3v) is 5.00. The zero-order chi connectivity index (χ0) is 22.0. The van der Waals surface area contributed by atoms with E-state index in [0.29, 0.717) is 12.1 Å². The molecule has 0 aliphatic rings. The van der Waals surface area contributed by atoms with Crippen molar-refractivity contribution in [3.8, 4) is 11.5 Å². The van der Waals surface area contributed by atoms with Gasteiger partial charge in [-0.15, -0.1) is 0 Å². The molecule has 0 bridgehead atoms. The van der Waals surface area contributed by atoms with Crippen molar-refractivity contribution in [2.24, 2.45) is 0 Å². The van der Waals surface area contributed by atoms with E-state index in [0.717, 1.165) is 22.4 Å². The number of carbonyl (C=O) groups is 1. The van der Waals surface area contributed by atoms with E-state index in [9.17, 15) is 15.0 Å². The number of benzene rings is 2. The van der Waals surface area contributed by atoms with Gasteiger partial charge in [0.05, 0.1) is 7.11 Å². The van der Waals surface area contributed by atoms with E-state index in [1.807, 2.05) is 77.9 Å². The number of phenols is 1. The molecule has 5 heteroatoms. The standard InChI is InChI=1S/C24H33NO4/c1-23(2,3)18-12-16(13-19(21(18)26)24(4,5)6)20(22(27)28)25-14-15-8-10-17(29-7)11-9-15/h8-13,20,25-26H,14H2,1-7H3,(H,27,28). The number of aromatic hydroxyl groups is 1. The molecule has 1 atom stereocenters. The number of aliphatic carboxylic acids is 1. The number of carboxylic acids is 1. The van der Waals surface area contributed by atoms with Gasteiger partial charge in [0.25, 0.3) is 0 Å². The van der Waals surface area contributed by atoms with Crippen molar-refractivity contribution in [3.63, 3.8) is 0 Å². The monoisotopic (exact) mass is 399 g/mol. The molecule has 0 saturated carbocycles. The number of nitrogens with one attached hydrogen (secondary N) is 1. The van der Waals surface area contributed by atoms with Gasteiger partial charge >= 0.3 is 5.97 Å². The van der Waals surface area contributed by atoms with E-state index in [-0.39, 0.29) is 16.6 Å². The van der Waals surface area contributed by atoms with Gasteiger partial charge < -0.3 is 14.9 Å². The Morgan fingerprint density at radius 1 is 1.00 bits per heavy atom. The number of phenolic OH excluding ortho intramolecular Hbond substituents is 1. The van der Waals surface area contributed by atoms with Crippen LogP contribution >= 0.6 is 0 Å². The summed E-state index contributed by atoms with van der Waals surface area (Å²) in [4.78, 5) is 12.1. The van der Waals surface area contributed by atoms with Gasteiger partial charge in [-0.1, -0.05) is 53.7 Å². The normalized spacial score (nSPS) is 13.2. The van der Waals surface area contributed by atoms with E-state index >= 15 is 0 Å². The maximum absolute atomic E-state index is 12.1. The van der Waals surface area contributed by atoms with Crippen molar-refractivity contribution < 1.29 is 19.7 Å². The smallest absolute Gasteiger partial charge is 0.325 e. The molecule has 0 aliphatic carbocycles. The fraction of sp³-hybridized carbons (Fsp3) is 0.458. The summed E-state index contributed by atoms with van der Waals surface area (Å²) >= 11 is 0. The summed E-state index contributed by atoms with van der Waals surface area (Å²) in [5, 5.41) is 23.9. The topological polar surface area (TPSA) is 78.8 Å². The molecule has 0 saturated heterocycles. The van der Waals surface area contributed by atoms with Crippen LogP contribution in [0.25, 0.3) is 0 Å². The van der Waals surface area contributed by atoms with Gasteiger partial charge in [-0.05, 0) is 57.3 Å². The maximum atomic E-state index is 12.1. The highest BCUT2D eigenvalue weighted by Gasteiger charge is 2.29. The molecule has 3 N–H and O–H groups in total. The van der Waals surface area contributed by atoms with Crippen LogP contribution in [0.4, 0.5) is 0 Å². The predicted molar refractivity (Wildman–Crippen MR) is 116 cm³/mol. The molecule has 1 unspecified atom stereocenters. The first-order valence-corrected chi connectivity index (χ1v) is 9.81. The molecule has 0 radical (unpaired) electrons. The van der Waals surface area contributed by atoms with E-state index in [1.54, 1.807) is 7.11 Å². The molecule has 2 rings (SSSR count). The minimum Gasteiger partial charge on any atom is -0.507 e. The zero-order valence-electron chi connectivity index (χ0n) is 18.5. The van der Waals surface area contributed by atoms with Crippen LogP contribution in [0.15, 0.2) is 36.4 Å². The van der Waals surface area contributed by atoms with Gasteiger partial charge in [0.15, 0.2) is 0 Å². The summed E-state index contributed by atoms with van der Waals surface area (Å²) in [7, 11) is 1.61. The van der Waals surface area contributed by atoms with Crippen molar-refractivity contribution in [1.29, 1.82) is 0 Å². The number of carboxylic acid groups (broad SMARTS) is 1. The van der Waals surface area contributed by atoms with Crippen LogP contribution in [0.5, 0.6) is 11.5 Å². The number of rotatable bonds is 6.